The molecule has 0 aliphatic carbocycles. The van der Waals surface area contributed by atoms with Gasteiger partial charge in [0.2, 0.25) is 0 Å². The minimum absolute atomic E-state index is 0.785. The van der Waals surface area contributed by atoms with Gasteiger partial charge in [-0.2, -0.15) is 0 Å². The van der Waals surface area contributed by atoms with Gasteiger partial charge in [0.15, 0.2) is 0 Å². The summed E-state index contributed by atoms with van der Waals surface area (Å²) >= 11 is 7.41. The van der Waals surface area contributed by atoms with Gasteiger partial charge in [-0.15, -0.1) is 0 Å². The molecule has 1 aromatic carbocycles. The summed E-state index contributed by atoms with van der Waals surface area (Å²) in [6, 6.07) is 7.81. The van der Waals surface area contributed by atoms with E-state index in [1.54, 1.807) is 11.9 Å². The lowest BCUT2D eigenvalue weighted by atomic mass is 10.4. The van der Waals surface area contributed by atoms with Gasteiger partial charge in [-0.25, -0.2) is 0 Å². The second-order valence-corrected chi connectivity index (χ2v) is 4.18. The van der Waals surface area contributed by atoms with E-state index in [4.69, 9.17) is 11.6 Å². The Bertz CT molecular complexity index is 220. The molecule has 0 aliphatic heterocycles. The monoisotopic (exact) mass is 187 g/mol. The van der Waals surface area contributed by atoms with E-state index in [9.17, 15) is 0 Å². The van der Waals surface area contributed by atoms with Crippen molar-refractivity contribution in [3.05, 3.63) is 29.3 Å². The Labute approximate surface area is 76.5 Å². The van der Waals surface area contributed by atoms with Gasteiger partial charge in [0.1, 0.15) is 0 Å². The Hall–Kier alpha value is -0.180. The molecule has 0 unspecified atom stereocenters. The van der Waals surface area contributed by atoms with E-state index in [0.717, 1.165) is 5.02 Å². The fraction of sp³-hybridized carbons (Fsp3) is 0.250. The lowest BCUT2D eigenvalue weighted by Crippen LogP contribution is -1.97. The van der Waals surface area contributed by atoms with Crippen molar-refractivity contribution in [3.8, 4) is 0 Å². The maximum Gasteiger partial charge on any atom is 0.0406 e. The highest BCUT2D eigenvalue weighted by Crippen LogP contribution is 2.21. The minimum Gasteiger partial charge on any atom is -0.253 e. The standard InChI is InChI=1S/C8H10ClNS/c1-10(2)11-8-5-3-7(9)4-6-8/h3-6H,1-2H3. The highest BCUT2D eigenvalue weighted by molar-refractivity contribution is 7.97. The van der Waals surface area contributed by atoms with E-state index in [2.05, 4.69) is 0 Å². The Morgan fingerprint density at radius 1 is 1.18 bits per heavy atom. The SMILES string of the molecule is CN(C)Sc1ccc(Cl)cc1. The molecule has 0 amide bonds. The molecular formula is C8H10ClNS. The average Bonchev–Trinajstić information content (AvgIpc) is 1.93. The van der Waals surface area contributed by atoms with E-state index in [1.165, 1.54) is 4.90 Å². The van der Waals surface area contributed by atoms with E-state index >= 15 is 0 Å². The summed E-state index contributed by atoms with van der Waals surface area (Å²) in [6.07, 6.45) is 0. The van der Waals surface area contributed by atoms with Gasteiger partial charge in [0.05, 0.1) is 0 Å². The lowest BCUT2D eigenvalue weighted by Gasteiger charge is -2.07. The summed E-state index contributed by atoms with van der Waals surface area (Å²) in [5.41, 5.74) is 0. The molecule has 0 atom stereocenters. The molecule has 0 bridgehead atoms. The number of halogens is 1. The molecule has 1 aromatic rings. The molecule has 0 aromatic heterocycles. The van der Waals surface area contributed by atoms with Crippen LogP contribution in [0.3, 0.4) is 0 Å². The van der Waals surface area contributed by atoms with Gasteiger partial charge in [-0.05, 0) is 50.3 Å². The van der Waals surface area contributed by atoms with Crippen LogP contribution in [0.4, 0.5) is 0 Å². The third kappa shape index (κ3) is 3.14. The van der Waals surface area contributed by atoms with Crippen molar-refractivity contribution in [2.24, 2.45) is 0 Å². The van der Waals surface area contributed by atoms with Crippen LogP contribution in [0.25, 0.3) is 0 Å². The quantitative estimate of drug-likeness (QED) is 0.656. The van der Waals surface area contributed by atoms with Crippen molar-refractivity contribution in [2.45, 2.75) is 4.90 Å². The zero-order chi connectivity index (χ0) is 8.27. The Kier molecular flexibility index (Phi) is 3.24. The average molecular weight is 188 g/mol. The maximum absolute atomic E-state index is 5.73. The Balaban J connectivity index is 2.66. The summed E-state index contributed by atoms with van der Waals surface area (Å²) in [5.74, 6) is 0. The summed E-state index contributed by atoms with van der Waals surface area (Å²) in [7, 11) is 4.03. The predicted octanol–water partition coefficient (Wildman–Crippen LogP) is 2.91. The highest BCUT2D eigenvalue weighted by Gasteiger charge is 1.94. The van der Waals surface area contributed by atoms with Crippen molar-refractivity contribution in [1.82, 2.24) is 4.31 Å². The van der Waals surface area contributed by atoms with Crippen LogP contribution in [0.5, 0.6) is 0 Å². The molecule has 11 heavy (non-hydrogen) atoms. The predicted molar refractivity (Wildman–Crippen MR) is 51.0 cm³/mol. The zero-order valence-corrected chi connectivity index (χ0v) is 8.12. The van der Waals surface area contributed by atoms with Crippen LogP contribution >= 0.6 is 23.5 Å². The normalized spacial score (nSPS) is 10.5. The van der Waals surface area contributed by atoms with Crippen molar-refractivity contribution >= 4 is 23.5 Å². The number of hydrogen-bond donors (Lipinski definition) is 0. The molecule has 60 valence electrons. The van der Waals surface area contributed by atoms with Crippen molar-refractivity contribution in [1.29, 1.82) is 0 Å². The molecule has 0 N–H and O–H groups in total. The first kappa shape index (κ1) is 8.91. The maximum atomic E-state index is 5.73. The van der Waals surface area contributed by atoms with Gasteiger partial charge in [-0.1, -0.05) is 11.6 Å². The molecule has 0 saturated heterocycles. The van der Waals surface area contributed by atoms with Gasteiger partial charge < -0.3 is 0 Å². The number of hydrogen-bond acceptors (Lipinski definition) is 2. The molecule has 0 fully saturated rings. The smallest absolute Gasteiger partial charge is 0.0406 e. The van der Waals surface area contributed by atoms with Gasteiger partial charge in [0, 0.05) is 9.92 Å². The molecule has 1 nitrogen and oxygen atoms in total. The summed E-state index contributed by atoms with van der Waals surface area (Å²) in [4.78, 5) is 1.21. The van der Waals surface area contributed by atoms with E-state index in [-0.39, 0.29) is 0 Å². The molecule has 0 aliphatic rings. The van der Waals surface area contributed by atoms with E-state index in [0.29, 0.717) is 0 Å². The number of nitrogens with zero attached hydrogens (tertiary/aromatic N) is 1. The fourth-order valence-corrected chi connectivity index (χ4v) is 1.51. The van der Waals surface area contributed by atoms with Crippen LogP contribution in [0, 0.1) is 0 Å². The van der Waals surface area contributed by atoms with Gasteiger partial charge in [0.25, 0.3) is 0 Å². The van der Waals surface area contributed by atoms with Crippen molar-refractivity contribution < 1.29 is 0 Å². The van der Waals surface area contributed by atoms with E-state index < -0.39 is 0 Å². The first-order valence-corrected chi connectivity index (χ1v) is 4.44. The van der Waals surface area contributed by atoms with Crippen LogP contribution < -0.4 is 0 Å². The molecule has 1 rings (SSSR count). The molecule has 0 heterocycles. The third-order valence-electron chi connectivity index (χ3n) is 1.10. The summed E-state index contributed by atoms with van der Waals surface area (Å²) < 4.78 is 2.04. The minimum atomic E-state index is 0.785. The second-order valence-electron chi connectivity index (χ2n) is 2.36. The van der Waals surface area contributed by atoms with Gasteiger partial charge >= 0.3 is 0 Å². The first-order chi connectivity index (χ1) is 5.18. The molecule has 3 heteroatoms. The molecule has 0 spiro atoms. The third-order valence-corrected chi connectivity index (χ3v) is 2.20. The van der Waals surface area contributed by atoms with Crippen LogP contribution in [0.15, 0.2) is 29.2 Å². The van der Waals surface area contributed by atoms with Crippen LogP contribution in [0.1, 0.15) is 0 Å². The Morgan fingerprint density at radius 3 is 2.18 bits per heavy atom. The van der Waals surface area contributed by atoms with Crippen LogP contribution in [0.2, 0.25) is 5.02 Å². The molecule has 0 saturated carbocycles. The highest BCUT2D eigenvalue weighted by atomic mass is 35.5. The largest absolute Gasteiger partial charge is 0.253 e. The molecule has 0 radical (unpaired) electrons. The van der Waals surface area contributed by atoms with Crippen LogP contribution in [-0.4, -0.2) is 18.4 Å². The summed E-state index contributed by atoms with van der Waals surface area (Å²) in [6.45, 7) is 0. The second kappa shape index (κ2) is 4.00. The van der Waals surface area contributed by atoms with Crippen molar-refractivity contribution in [2.75, 3.05) is 14.1 Å². The first-order valence-electron chi connectivity index (χ1n) is 3.29. The summed E-state index contributed by atoms with van der Waals surface area (Å²) in [5, 5.41) is 0.785. The molecular weight excluding hydrogens is 178 g/mol. The van der Waals surface area contributed by atoms with Crippen molar-refractivity contribution in [3.63, 3.8) is 0 Å². The topological polar surface area (TPSA) is 3.24 Å². The van der Waals surface area contributed by atoms with Gasteiger partial charge in [-0.3, -0.25) is 4.31 Å². The Morgan fingerprint density at radius 2 is 1.73 bits per heavy atom. The number of rotatable bonds is 2. The van der Waals surface area contributed by atoms with Crippen LogP contribution in [-0.2, 0) is 0 Å². The fourth-order valence-electron chi connectivity index (χ4n) is 0.706. The zero-order valence-electron chi connectivity index (χ0n) is 6.54. The lowest BCUT2D eigenvalue weighted by molar-refractivity contribution is 0.702. The van der Waals surface area contributed by atoms with E-state index in [1.807, 2.05) is 42.7 Å². The number of benzene rings is 1.